The van der Waals surface area contributed by atoms with Crippen molar-refractivity contribution in [3.8, 4) is 0 Å². The summed E-state index contributed by atoms with van der Waals surface area (Å²) in [6.07, 6.45) is 4.67. The van der Waals surface area contributed by atoms with Crippen LogP contribution in [0.3, 0.4) is 0 Å². The molecule has 0 spiro atoms. The molecule has 1 aromatic carbocycles. The zero-order valence-electron chi connectivity index (χ0n) is 11.0. The van der Waals surface area contributed by atoms with Crippen LogP contribution in [0.4, 0.5) is 5.69 Å². The monoisotopic (exact) mass is 246 g/mol. The van der Waals surface area contributed by atoms with Crippen LogP contribution in [-0.4, -0.2) is 18.8 Å². The first-order valence-electron chi connectivity index (χ1n) is 6.92. The summed E-state index contributed by atoms with van der Waals surface area (Å²) in [6, 6.07) is 6.77. The molecule has 2 atom stereocenters. The van der Waals surface area contributed by atoms with Gasteiger partial charge in [-0.2, -0.15) is 0 Å². The van der Waals surface area contributed by atoms with Gasteiger partial charge in [0, 0.05) is 24.9 Å². The van der Waals surface area contributed by atoms with Crippen molar-refractivity contribution < 1.29 is 4.74 Å². The lowest BCUT2D eigenvalue weighted by Crippen LogP contribution is -2.38. The van der Waals surface area contributed by atoms with E-state index < -0.39 is 0 Å². The van der Waals surface area contributed by atoms with Gasteiger partial charge in [0.25, 0.3) is 0 Å². The van der Waals surface area contributed by atoms with E-state index in [1.54, 1.807) is 0 Å². The summed E-state index contributed by atoms with van der Waals surface area (Å²) in [5, 5.41) is 3.67. The van der Waals surface area contributed by atoms with Crippen LogP contribution >= 0.6 is 0 Å². The SMILES string of the molecule is CC1(CNC2CCc3cc(N)ccc32)CCCO1. The number of nitrogens with two attached hydrogens (primary N) is 1. The minimum Gasteiger partial charge on any atom is -0.399 e. The summed E-state index contributed by atoms with van der Waals surface area (Å²) >= 11 is 0. The molecule has 3 heteroatoms. The fourth-order valence-corrected chi connectivity index (χ4v) is 3.16. The smallest absolute Gasteiger partial charge is 0.0779 e. The van der Waals surface area contributed by atoms with Crippen LogP contribution in [0.1, 0.15) is 43.4 Å². The Bertz CT molecular complexity index is 438. The zero-order valence-corrected chi connectivity index (χ0v) is 11.0. The van der Waals surface area contributed by atoms with Crippen LogP contribution in [0.2, 0.25) is 0 Å². The van der Waals surface area contributed by atoms with E-state index in [1.807, 2.05) is 6.07 Å². The third-order valence-corrected chi connectivity index (χ3v) is 4.27. The lowest BCUT2D eigenvalue weighted by molar-refractivity contribution is 0.0187. The topological polar surface area (TPSA) is 47.3 Å². The molecule has 1 aliphatic heterocycles. The molecule has 0 saturated carbocycles. The van der Waals surface area contributed by atoms with E-state index in [4.69, 9.17) is 10.5 Å². The van der Waals surface area contributed by atoms with Crippen LogP contribution in [0.25, 0.3) is 0 Å². The molecular formula is C15H22N2O. The molecule has 2 unspecified atom stereocenters. The van der Waals surface area contributed by atoms with Crippen LogP contribution in [0.15, 0.2) is 18.2 Å². The Morgan fingerprint density at radius 3 is 3.17 bits per heavy atom. The van der Waals surface area contributed by atoms with Gasteiger partial charge in [0.05, 0.1) is 5.60 Å². The van der Waals surface area contributed by atoms with Crippen molar-refractivity contribution in [1.29, 1.82) is 0 Å². The molecule has 1 aromatic rings. The van der Waals surface area contributed by atoms with Crippen molar-refractivity contribution in [2.45, 2.75) is 44.2 Å². The standard InChI is InChI=1S/C15H22N2O/c1-15(7-2-8-18-15)10-17-14-6-3-11-9-12(16)4-5-13(11)14/h4-5,9,14,17H,2-3,6-8,10,16H2,1H3. The van der Waals surface area contributed by atoms with Gasteiger partial charge in [-0.1, -0.05) is 6.07 Å². The van der Waals surface area contributed by atoms with Crippen LogP contribution in [0, 0.1) is 0 Å². The quantitative estimate of drug-likeness (QED) is 0.805. The van der Waals surface area contributed by atoms with Gasteiger partial charge in [0.1, 0.15) is 0 Å². The lowest BCUT2D eigenvalue weighted by Gasteiger charge is -2.26. The lowest BCUT2D eigenvalue weighted by atomic mass is 10.0. The number of nitrogens with one attached hydrogen (secondary N) is 1. The van der Waals surface area contributed by atoms with Crippen molar-refractivity contribution in [2.75, 3.05) is 18.9 Å². The number of hydrogen-bond donors (Lipinski definition) is 2. The van der Waals surface area contributed by atoms with Crippen LogP contribution in [0.5, 0.6) is 0 Å². The number of benzene rings is 1. The molecule has 2 aliphatic rings. The summed E-state index contributed by atoms with van der Waals surface area (Å²) in [7, 11) is 0. The number of anilines is 1. The predicted molar refractivity (Wildman–Crippen MR) is 73.5 cm³/mol. The first-order chi connectivity index (χ1) is 8.66. The minimum atomic E-state index is 0.0383. The Labute approximate surface area is 109 Å². The second-order valence-electron chi connectivity index (χ2n) is 5.83. The fourth-order valence-electron chi connectivity index (χ4n) is 3.16. The second kappa shape index (κ2) is 4.56. The van der Waals surface area contributed by atoms with E-state index in [0.717, 1.165) is 25.3 Å². The number of nitrogen functional groups attached to an aromatic ring is 1. The number of fused-ring (bicyclic) bond motifs is 1. The Morgan fingerprint density at radius 1 is 1.50 bits per heavy atom. The molecule has 3 N–H and O–H groups in total. The van der Waals surface area contributed by atoms with E-state index in [9.17, 15) is 0 Å². The molecule has 1 aliphatic carbocycles. The third-order valence-electron chi connectivity index (χ3n) is 4.27. The van der Waals surface area contributed by atoms with Crippen molar-refractivity contribution in [1.82, 2.24) is 5.32 Å². The molecule has 0 amide bonds. The van der Waals surface area contributed by atoms with Crippen LogP contribution < -0.4 is 11.1 Å². The van der Waals surface area contributed by atoms with Gasteiger partial charge < -0.3 is 15.8 Å². The van der Waals surface area contributed by atoms with E-state index in [-0.39, 0.29) is 5.60 Å². The van der Waals surface area contributed by atoms with Gasteiger partial charge in [-0.15, -0.1) is 0 Å². The van der Waals surface area contributed by atoms with E-state index in [1.165, 1.54) is 30.4 Å². The van der Waals surface area contributed by atoms with Crippen molar-refractivity contribution in [3.63, 3.8) is 0 Å². The highest BCUT2D eigenvalue weighted by Crippen LogP contribution is 2.33. The number of hydrogen-bond acceptors (Lipinski definition) is 3. The maximum Gasteiger partial charge on any atom is 0.0779 e. The molecule has 98 valence electrons. The Hall–Kier alpha value is -1.06. The van der Waals surface area contributed by atoms with Gasteiger partial charge in [-0.05, 0) is 55.9 Å². The predicted octanol–water partition coefficient (Wildman–Crippen LogP) is 2.41. The Kier molecular flexibility index (Phi) is 3.04. The van der Waals surface area contributed by atoms with Gasteiger partial charge in [-0.3, -0.25) is 0 Å². The molecule has 0 aromatic heterocycles. The number of aryl methyl sites for hydroxylation is 1. The molecule has 1 fully saturated rings. The second-order valence-corrected chi connectivity index (χ2v) is 5.83. The molecule has 0 bridgehead atoms. The summed E-state index contributed by atoms with van der Waals surface area (Å²) in [5.74, 6) is 0. The van der Waals surface area contributed by atoms with Crippen molar-refractivity contribution >= 4 is 5.69 Å². The maximum absolute atomic E-state index is 5.83. The summed E-state index contributed by atoms with van der Waals surface area (Å²) < 4.78 is 5.82. The highest BCUT2D eigenvalue weighted by Gasteiger charge is 2.31. The Balaban J connectivity index is 1.66. The highest BCUT2D eigenvalue weighted by molar-refractivity contribution is 5.47. The molecular weight excluding hydrogens is 224 g/mol. The van der Waals surface area contributed by atoms with E-state index in [2.05, 4.69) is 24.4 Å². The fraction of sp³-hybridized carbons (Fsp3) is 0.600. The van der Waals surface area contributed by atoms with Gasteiger partial charge in [0.15, 0.2) is 0 Å². The first kappa shape index (κ1) is 12.0. The summed E-state index contributed by atoms with van der Waals surface area (Å²) in [4.78, 5) is 0. The van der Waals surface area contributed by atoms with Gasteiger partial charge in [0.2, 0.25) is 0 Å². The summed E-state index contributed by atoms with van der Waals surface area (Å²) in [6.45, 7) is 4.07. The molecule has 3 nitrogen and oxygen atoms in total. The van der Waals surface area contributed by atoms with E-state index in [0.29, 0.717) is 6.04 Å². The average Bonchev–Trinajstić information content (AvgIpc) is 2.93. The molecule has 3 rings (SSSR count). The van der Waals surface area contributed by atoms with Crippen LogP contribution in [-0.2, 0) is 11.2 Å². The molecule has 18 heavy (non-hydrogen) atoms. The highest BCUT2D eigenvalue weighted by atomic mass is 16.5. The summed E-state index contributed by atoms with van der Waals surface area (Å²) in [5.41, 5.74) is 9.57. The molecule has 1 heterocycles. The molecule has 1 saturated heterocycles. The van der Waals surface area contributed by atoms with Crippen molar-refractivity contribution in [3.05, 3.63) is 29.3 Å². The largest absolute Gasteiger partial charge is 0.399 e. The minimum absolute atomic E-state index is 0.0383. The van der Waals surface area contributed by atoms with E-state index >= 15 is 0 Å². The third kappa shape index (κ3) is 2.25. The average molecular weight is 246 g/mol. The zero-order chi connectivity index (χ0) is 12.6. The maximum atomic E-state index is 5.83. The first-order valence-corrected chi connectivity index (χ1v) is 6.92. The number of ether oxygens (including phenoxy) is 1. The molecule has 0 radical (unpaired) electrons. The number of rotatable bonds is 3. The van der Waals surface area contributed by atoms with Gasteiger partial charge in [-0.25, -0.2) is 0 Å². The van der Waals surface area contributed by atoms with Gasteiger partial charge >= 0.3 is 0 Å². The Morgan fingerprint density at radius 2 is 2.39 bits per heavy atom. The normalized spacial score (nSPS) is 30.6. The van der Waals surface area contributed by atoms with Crippen molar-refractivity contribution in [2.24, 2.45) is 0 Å².